The van der Waals surface area contributed by atoms with Crippen LogP contribution in [0.2, 0.25) is 5.15 Å². The zero-order valence-corrected chi connectivity index (χ0v) is 18.9. The van der Waals surface area contributed by atoms with Gasteiger partial charge in [-0.15, -0.1) is 0 Å². The molecule has 0 spiro atoms. The molecule has 0 saturated heterocycles. The minimum atomic E-state index is -0.197. The molecule has 1 fully saturated rings. The molecule has 32 heavy (non-hydrogen) atoms. The first-order chi connectivity index (χ1) is 15.6. The second-order valence-electron chi connectivity index (χ2n) is 7.98. The first kappa shape index (κ1) is 21.1. The third-order valence-electron chi connectivity index (χ3n) is 5.49. The largest absolute Gasteiger partial charge is 0.393 e. The average molecular weight is 467 g/mol. The van der Waals surface area contributed by atoms with E-state index in [0.29, 0.717) is 28.5 Å². The van der Waals surface area contributed by atoms with E-state index in [2.05, 4.69) is 32.7 Å². The van der Waals surface area contributed by atoms with Crippen LogP contribution in [-0.4, -0.2) is 37.2 Å². The molecule has 5 rings (SSSR count). The SMILES string of the molecule is O[C@H]1CC[C@H](Nc2nc(Cc3ccccc3)cc(Nc3nc4ccc(Cl)nc4s3)n2)CC1. The van der Waals surface area contributed by atoms with Gasteiger partial charge in [0.05, 0.1) is 11.8 Å². The number of anilines is 3. The van der Waals surface area contributed by atoms with Crippen molar-refractivity contribution in [2.75, 3.05) is 10.6 Å². The highest BCUT2D eigenvalue weighted by Gasteiger charge is 2.20. The van der Waals surface area contributed by atoms with Gasteiger partial charge in [0.2, 0.25) is 5.95 Å². The van der Waals surface area contributed by atoms with E-state index >= 15 is 0 Å². The molecule has 0 amide bonds. The summed E-state index contributed by atoms with van der Waals surface area (Å²) in [4.78, 5) is 19.2. The lowest BCUT2D eigenvalue weighted by molar-refractivity contribution is 0.126. The minimum Gasteiger partial charge on any atom is -0.393 e. The number of thiazole rings is 1. The van der Waals surface area contributed by atoms with Gasteiger partial charge in [-0.2, -0.15) is 4.98 Å². The second-order valence-corrected chi connectivity index (χ2v) is 9.35. The van der Waals surface area contributed by atoms with Gasteiger partial charge in [-0.1, -0.05) is 53.3 Å². The Bertz CT molecular complexity index is 1210. The van der Waals surface area contributed by atoms with Gasteiger partial charge in [0.1, 0.15) is 21.3 Å². The smallest absolute Gasteiger partial charge is 0.225 e. The summed E-state index contributed by atoms with van der Waals surface area (Å²) in [6.07, 6.45) is 3.91. The number of aromatic nitrogens is 4. The van der Waals surface area contributed by atoms with Crippen LogP contribution in [0.15, 0.2) is 48.5 Å². The van der Waals surface area contributed by atoms with Crippen LogP contribution < -0.4 is 10.6 Å². The van der Waals surface area contributed by atoms with Crippen LogP contribution in [0.25, 0.3) is 10.3 Å². The number of benzene rings is 1. The molecule has 0 aliphatic heterocycles. The summed E-state index contributed by atoms with van der Waals surface area (Å²) in [5, 5.41) is 17.7. The first-order valence-corrected chi connectivity index (χ1v) is 11.9. The van der Waals surface area contributed by atoms with Crippen molar-refractivity contribution in [2.24, 2.45) is 0 Å². The number of nitrogens with zero attached hydrogens (tertiary/aromatic N) is 4. The molecule has 4 aromatic rings. The lowest BCUT2D eigenvalue weighted by Crippen LogP contribution is -2.29. The van der Waals surface area contributed by atoms with Crippen LogP contribution >= 0.6 is 22.9 Å². The van der Waals surface area contributed by atoms with Crippen LogP contribution in [-0.2, 0) is 6.42 Å². The van der Waals surface area contributed by atoms with E-state index in [-0.39, 0.29) is 12.1 Å². The highest BCUT2D eigenvalue weighted by atomic mass is 35.5. The lowest BCUT2D eigenvalue weighted by atomic mass is 9.93. The van der Waals surface area contributed by atoms with Crippen molar-refractivity contribution in [3.8, 4) is 0 Å². The molecule has 164 valence electrons. The van der Waals surface area contributed by atoms with Crippen LogP contribution in [0.5, 0.6) is 0 Å². The van der Waals surface area contributed by atoms with E-state index < -0.39 is 0 Å². The molecule has 3 heterocycles. The van der Waals surface area contributed by atoms with Gasteiger partial charge in [-0.3, -0.25) is 0 Å². The Kier molecular flexibility index (Phi) is 6.16. The number of pyridine rings is 1. The van der Waals surface area contributed by atoms with Crippen molar-refractivity contribution in [3.63, 3.8) is 0 Å². The zero-order valence-electron chi connectivity index (χ0n) is 17.3. The monoisotopic (exact) mass is 466 g/mol. The number of nitrogens with one attached hydrogen (secondary N) is 2. The summed E-state index contributed by atoms with van der Waals surface area (Å²) >= 11 is 7.44. The minimum absolute atomic E-state index is 0.197. The van der Waals surface area contributed by atoms with E-state index in [1.165, 1.54) is 16.9 Å². The molecule has 1 saturated carbocycles. The summed E-state index contributed by atoms with van der Waals surface area (Å²) in [6.45, 7) is 0. The molecule has 0 unspecified atom stereocenters. The highest BCUT2D eigenvalue weighted by molar-refractivity contribution is 7.21. The van der Waals surface area contributed by atoms with Crippen molar-refractivity contribution in [1.29, 1.82) is 0 Å². The fourth-order valence-corrected chi connectivity index (χ4v) is 4.92. The van der Waals surface area contributed by atoms with E-state index in [1.54, 1.807) is 6.07 Å². The maximum atomic E-state index is 9.80. The summed E-state index contributed by atoms with van der Waals surface area (Å²) in [6, 6.07) is 16.1. The molecular weight excluding hydrogens is 444 g/mol. The summed E-state index contributed by atoms with van der Waals surface area (Å²) in [5.74, 6) is 1.26. The van der Waals surface area contributed by atoms with Crippen molar-refractivity contribution in [3.05, 3.63) is 64.9 Å². The first-order valence-electron chi connectivity index (χ1n) is 10.7. The number of hydrogen-bond donors (Lipinski definition) is 3. The van der Waals surface area contributed by atoms with Crippen molar-refractivity contribution >= 4 is 50.2 Å². The second kappa shape index (κ2) is 9.36. The molecule has 3 N–H and O–H groups in total. The summed E-state index contributed by atoms with van der Waals surface area (Å²) in [7, 11) is 0. The van der Waals surface area contributed by atoms with Crippen LogP contribution in [0.4, 0.5) is 16.9 Å². The third kappa shape index (κ3) is 5.15. The fraction of sp³-hybridized carbons (Fsp3) is 0.304. The Balaban J connectivity index is 1.42. The van der Waals surface area contributed by atoms with E-state index in [4.69, 9.17) is 21.6 Å². The number of aliphatic hydroxyl groups excluding tert-OH is 1. The number of hydrogen-bond acceptors (Lipinski definition) is 8. The Hall–Kier alpha value is -2.81. The normalized spacial score (nSPS) is 18.6. The molecule has 7 nitrogen and oxygen atoms in total. The van der Waals surface area contributed by atoms with Crippen molar-refractivity contribution in [1.82, 2.24) is 19.9 Å². The quantitative estimate of drug-likeness (QED) is 0.337. The maximum Gasteiger partial charge on any atom is 0.225 e. The van der Waals surface area contributed by atoms with Crippen LogP contribution in [0, 0.1) is 0 Å². The van der Waals surface area contributed by atoms with E-state index in [0.717, 1.165) is 41.7 Å². The number of halogens is 1. The molecule has 9 heteroatoms. The van der Waals surface area contributed by atoms with Crippen LogP contribution in [0.3, 0.4) is 0 Å². The number of rotatable bonds is 6. The average Bonchev–Trinajstić information content (AvgIpc) is 3.17. The standard InChI is InChI=1S/C23H23ClN6OS/c24-19-11-10-18-21(28-19)32-23(27-18)30-20-13-16(12-14-4-2-1-3-5-14)26-22(29-20)25-15-6-8-17(31)9-7-15/h1-5,10-11,13,15,17,31H,6-9,12H2,(H2,25,26,27,29,30)/t15-,17-. The fourth-order valence-electron chi connectivity index (χ4n) is 3.88. The van der Waals surface area contributed by atoms with Gasteiger partial charge in [-0.05, 0) is 43.4 Å². The van der Waals surface area contributed by atoms with E-state index in [1.807, 2.05) is 30.3 Å². The highest BCUT2D eigenvalue weighted by Crippen LogP contribution is 2.29. The van der Waals surface area contributed by atoms with E-state index in [9.17, 15) is 5.11 Å². The van der Waals surface area contributed by atoms with Gasteiger partial charge >= 0.3 is 0 Å². The molecule has 0 atom stereocenters. The van der Waals surface area contributed by atoms with Gasteiger partial charge in [-0.25, -0.2) is 15.0 Å². The van der Waals surface area contributed by atoms with Gasteiger partial charge in [0, 0.05) is 18.5 Å². The molecule has 1 aliphatic carbocycles. The van der Waals surface area contributed by atoms with Crippen molar-refractivity contribution in [2.45, 2.75) is 44.2 Å². The molecular formula is C23H23ClN6OS. The molecule has 1 aliphatic rings. The summed E-state index contributed by atoms with van der Waals surface area (Å²) < 4.78 is 0. The van der Waals surface area contributed by atoms with Gasteiger partial charge in [0.15, 0.2) is 5.13 Å². The third-order valence-corrected chi connectivity index (χ3v) is 6.58. The Morgan fingerprint density at radius 3 is 2.59 bits per heavy atom. The predicted octanol–water partition coefficient (Wildman–Crippen LogP) is 5.18. The Morgan fingerprint density at radius 2 is 1.78 bits per heavy atom. The molecule has 0 radical (unpaired) electrons. The predicted molar refractivity (Wildman–Crippen MR) is 129 cm³/mol. The maximum absolute atomic E-state index is 9.80. The topological polar surface area (TPSA) is 95.8 Å². The molecule has 1 aromatic carbocycles. The Labute approximate surface area is 194 Å². The zero-order chi connectivity index (χ0) is 21.9. The van der Waals surface area contributed by atoms with Gasteiger partial charge in [0.25, 0.3) is 0 Å². The van der Waals surface area contributed by atoms with Crippen molar-refractivity contribution < 1.29 is 5.11 Å². The molecule has 0 bridgehead atoms. The number of aliphatic hydroxyl groups is 1. The Morgan fingerprint density at radius 1 is 0.969 bits per heavy atom. The van der Waals surface area contributed by atoms with Gasteiger partial charge < -0.3 is 15.7 Å². The van der Waals surface area contributed by atoms with Crippen LogP contribution in [0.1, 0.15) is 36.9 Å². The number of fused-ring (bicyclic) bond motifs is 1. The lowest BCUT2D eigenvalue weighted by Gasteiger charge is -2.26. The summed E-state index contributed by atoms with van der Waals surface area (Å²) in [5.41, 5.74) is 2.89. The molecule has 3 aromatic heterocycles.